The van der Waals surface area contributed by atoms with Gasteiger partial charge >= 0.3 is 0 Å². The fourth-order valence-electron chi connectivity index (χ4n) is 4.33. The van der Waals surface area contributed by atoms with Crippen molar-refractivity contribution < 1.29 is 4.79 Å². The van der Waals surface area contributed by atoms with Gasteiger partial charge in [-0.05, 0) is 57.0 Å². The molecule has 0 aliphatic carbocycles. The van der Waals surface area contributed by atoms with E-state index in [2.05, 4.69) is 34.4 Å². The van der Waals surface area contributed by atoms with E-state index in [1.807, 2.05) is 26.0 Å². The van der Waals surface area contributed by atoms with E-state index in [-0.39, 0.29) is 11.9 Å². The molecule has 1 amide bonds. The minimum atomic E-state index is -0.123. The van der Waals surface area contributed by atoms with E-state index in [1.54, 1.807) is 39.6 Å². The van der Waals surface area contributed by atoms with E-state index in [4.69, 9.17) is 4.98 Å². The molecular formula is C24H27N5OS2. The molecule has 0 bridgehead atoms. The first kappa shape index (κ1) is 21.3. The molecular weight excluding hydrogens is 438 g/mol. The number of thiazole rings is 1. The molecule has 8 heteroatoms. The zero-order valence-corrected chi connectivity index (χ0v) is 20.2. The lowest BCUT2D eigenvalue weighted by molar-refractivity contribution is 0.101. The number of carbonyl (C=O) groups is 1. The van der Waals surface area contributed by atoms with E-state index < -0.39 is 0 Å². The average Bonchev–Trinajstić information content (AvgIpc) is 3.49. The van der Waals surface area contributed by atoms with Crippen LogP contribution in [0.25, 0.3) is 20.8 Å². The lowest BCUT2D eigenvalue weighted by atomic mass is 10.0. The summed E-state index contributed by atoms with van der Waals surface area (Å²) in [5, 5.41) is 9.43. The molecule has 1 aliphatic rings. The molecule has 0 saturated heterocycles. The summed E-state index contributed by atoms with van der Waals surface area (Å²) in [7, 11) is 0. The summed E-state index contributed by atoms with van der Waals surface area (Å²) in [6.07, 6.45) is 3.82. The highest BCUT2D eigenvalue weighted by Crippen LogP contribution is 2.45. The highest BCUT2D eigenvalue weighted by atomic mass is 32.1. The second-order valence-electron chi connectivity index (χ2n) is 8.43. The Kier molecular flexibility index (Phi) is 5.84. The van der Waals surface area contributed by atoms with Crippen molar-refractivity contribution in [1.29, 1.82) is 0 Å². The number of thiophene rings is 1. The SMILES string of the molecule is CCCN1CCc2c(sc(NC(=O)c3ccnn3C(C)C)c2-c2nc3ccccc3s2)C1. The number of amides is 1. The molecule has 0 unspecified atom stereocenters. The zero-order chi connectivity index (χ0) is 22.2. The number of para-hydroxylation sites is 1. The largest absolute Gasteiger partial charge is 0.312 e. The Bertz CT molecular complexity index is 1240. The molecule has 166 valence electrons. The Morgan fingerprint density at radius 2 is 2.06 bits per heavy atom. The highest BCUT2D eigenvalue weighted by molar-refractivity contribution is 7.23. The van der Waals surface area contributed by atoms with Crippen LogP contribution in [-0.4, -0.2) is 38.7 Å². The van der Waals surface area contributed by atoms with Crippen molar-refractivity contribution in [3.8, 4) is 10.6 Å². The fraction of sp³-hybridized carbons (Fsp3) is 0.375. The van der Waals surface area contributed by atoms with Crippen molar-refractivity contribution in [2.75, 3.05) is 18.4 Å². The third-order valence-corrected chi connectivity index (χ3v) is 7.99. The highest BCUT2D eigenvalue weighted by Gasteiger charge is 2.28. The molecule has 4 aromatic rings. The standard InChI is InChI=1S/C24H27N5OS2/c1-4-12-28-13-10-16-20(14-28)32-24(27-22(30)18-9-11-25-29(18)15(2)3)21(16)23-26-17-7-5-6-8-19(17)31-23/h5-9,11,15H,4,10,12-14H2,1-3H3,(H,27,30). The monoisotopic (exact) mass is 465 g/mol. The molecule has 0 fully saturated rings. The van der Waals surface area contributed by atoms with Gasteiger partial charge in [0.15, 0.2) is 0 Å². The maximum Gasteiger partial charge on any atom is 0.274 e. The Morgan fingerprint density at radius 1 is 1.22 bits per heavy atom. The van der Waals surface area contributed by atoms with Crippen LogP contribution in [0, 0.1) is 0 Å². The summed E-state index contributed by atoms with van der Waals surface area (Å²) in [5.41, 5.74) is 4.03. The number of hydrogen-bond donors (Lipinski definition) is 1. The van der Waals surface area contributed by atoms with Gasteiger partial charge in [-0.3, -0.25) is 14.4 Å². The lowest BCUT2D eigenvalue weighted by Crippen LogP contribution is -2.30. The summed E-state index contributed by atoms with van der Waals surface area (Å²) in [5.74, 6) is -0.123. The summed E-state index contributed by atoms with van der Waals surface area (Å²) >= 11 is 3.40. The number of fused-ring (bicyclic) bond motifs is 2. The minimum absolute atomic E-state index is 0.119. The molecule has 1 N–H and O–H groups in total. The second-order valence-corrected chi connectivity index (χ2v) is 10.6. The Morgan fingerprint density at radius 3 is 2.84 bits per heavy atom. The van der Waals surface area contributed by atoms with Gasteiger partial charge < -0.3 is 5.32 Å². The molecule has 1 aromatic carbocycles. The number of benzene rings is 1. The number of anilines is 1. The summed E-state index contributed by atoms with van der Waals surface area (Å²) < 4.78 is 2.93. The van der Waals surface area contributed by atoms with Crippen LogP contribution in [0.3, 0.4) is 0 Å². The van der Waals surface area contributed by atoms with E-state index in [9.17, 15) is 4.79 Å². The van der Waals surface area contributed by atoms with Crippen molar-refractivity contribution >= 4 is 43.8 Å². The predicted octanol–water partition coefficient (Wildman–Crippen LogP) is 5.82. The summed E-state index contributed by atoms with van der Waals surface area (Å²) in [4.78, 5) is 22.0. The summed E-state index contributed by atoms with van der Waals surface area (Å²) in [6.45, 7) is 9.36. The number of nitrogens with zero attached hydrogens (tertiary/aromatic N) is 4. The number of aromatic nitrogens is 3. The maximum absolute atomic E-state index is 13.2. The van der Waals surface area contributed by atoms with Crippen molar-refractivity contribution in [3.05, 3.63) is 52.7 Å². The van der Waals surface area contributed by atoms with Crippen LogP contribution >= 0.6 is 22.7 Å². The number of hydrogen-bond acceptors (Lipinski definition) is 6. The van der Waals surface area contributed by atoms with Gasteiger partial charge in [0.25, 0.3) is 5.91 Å². The van der Waals surface area contributed by atoms with Crippen LogP contribution in [0.15, 0.2) is 36.5 Å². The fourth-order valence-corrected chi connectivity index (χ4v) is 6.73. The van der Waals surface area contributed by atoms with Crippen LogP contribution < -0.4 is 5.32 Å². The molecule has 1 aliphatic heterocycles. The van der Waals surface area contributed by atoms with Gasteiger partial charge in [-0.1, -0.05) is 19.1 Å². The molecule has 6 nitrogen and oxygen atoms in total. The number of rotatable bonds is 6. The second kappa shape index (κ2) is 8.77. The van der Waals surface area contributed by atoms with Crippen LogP contribution in [0.2, 0.25) is 0 Å². The topological polar surface area (TPSA) is 63.1 Å². The molecule has 3 aromatic heterocycles. The lowest BCUT2D eigenvalue weighted by Gasteiger charge is -2.26. The van der Waals surface area contributed by atoms with Gasteiger partial charge in [-0.2, -0.15) is 5.10 Å². The molecule has 4 heterocycles. The van der Waals surface area contributed by atoms with Gasteiger partial charge in [0.05, 0.1) is 10.2 Å². The zero-order valence-electron chi connectivity index (χ0n) is 18.6. The molecule has 0 saturated carbocycles. The average molecular weight is 466 g/mol. The first-order valence-electron chi connectivity index (χ1n) is 11.1. The first-order chi connectivity index (χ1) is 15.5. The number of nitrogens with one attached hydrogen (secondary N) is 1. The Balaban J connectivity index is 1.57. The molecule has 0 spiro atoms. The minimum Gasteiger partial charge on any atom is -0.312 e. The van der Waals surface area contributed by atoms with Crippen molar-refractivity contribution in [2.45, 2.75) is 46.2 Å². The van der Waals surface area contributed by atoms with Gasteiger partial charge in [0.1, 0.15) is 15.7 Å². The third-order valence-electron chi connectivity index (χ3n) is 5.80. The van der Waals surface area contributed by atoms with Crippen LogP contribution in [0.5, 0.6) is 0 Å². The van der Waals surface area contributed by atoms with Gasteiger partial charge in [0, 0.05) is 35.8 Å². The Hall–Kier alpha value is -2.55. The van der Waals surface area contributed by atoms with Gasteiger partial charge in [-0.25, -0.2) is 4.98 Å². The van der Waals surface area contributed by atoms with E-state index >= 15 is 0 Å². The normalized spacial score (nSPS) is 14.2. The van der Waals surface area contributed by atoms with Gasteiger partial charge in [0.2, 0.25) is 0 Å². The van der Waals surface area contributed by atoms with E-state index in [0.717, 1.165) is 53.6 Å². The summed E-state index contributed by atoms with van der Waals surface area (Å²) in [6, 6.07) is 10.1. The molecule has 5 rings (SSSR count). The van der Waals surface area contributed by atoms with Crippen molar-refractivity contribution in [2.24, 2.45) is 0 Å². The third kappa shape index (κ3) is 3.87. The van der Waals surface area contributed by atoms with E-state index in [0.29, 0.717) is 5.69 Å². The smallest absolute Gasteiger partial charge is 0.274 e. The quantitative estimate of drug-likeness (QED) is 0.390. The van der Waals surface area contributed by atoms with Crippen LogP contribution in [0.4, 0.5) is 5.00 Å². The van der Waals surface area contributed by atoms with Crippen LogP contribution in [0.1, 0.15) is 54.2 Å². The molecule has 32 heavy (non-hydrogen) atoms. The van der Waals surface area contributed by atoms with Gasteiger partial charge in [-0.15, -0.1) is 22.7 Å². The molecule has 0 atom stereocenters. The van der Waals surface area contributed by atoms with Crippen molar-refractivity contribution in [3.63, 3.8) is 0 Å². The first-order valence-corrected chi connectivity index (χ1v) is 12.8. The number of carbonyl (C=O) groups excluding carboxylic acids is 1. The maximum atomic E-state index is 13.2. The van der Waals surface area contributed by atoms with Crippen molar-refractivity contribution in [1.82, 2.24) is 19.7 Å². The van der Waals surface area contributed by atoms with E-state index in [1.165, 1.54) is 15.1 Å². The molecule has 0 radical (unpaired) electrons. The Labute approximate surface area is 195 Å². The predicted molar refractivity (Wildman–Crippen MR) is 133 cm³/mol. The van der Waals surface area contributed by atoms with Crippen LogP contribution in [-0.2, 0) is 13.0 Å².